The Labute approximate surface area is 411 Å². The van der Waals surface area contributed by atoms with E-state index in [4.69, 9.17) is 61.5 Å². The van der Waals surface area contributed by atoms with Gasteiger partial charge in [-0.2, -0.15) is 8.62 Å². The Hall–Kier alpha value is -4.18. The predicted molar refractivity (Wildman–Crippen MR) is 238 cm³/mol. The van der Waals surface area contributed by atoms with Crippen LogP contribution in [0.5, 0.6) is 0 Å². The van der Waals surface area contributed by atoms with Gasteiger partial charge in [0.05, 0.1) is 25.9 Å². The zero-order chi connectivity index (χ0) is 55.2. The quantitative estimate of drug-likeness (QED) is 0.0329. The van der Waals surface area contributed by atoms with E-state index in [0.717, 1.165) is 22.4 Å². The highest BCUT2D eigenvalue weighted by molar-refractivity contribution is 7.71. The lowest BCUT2D eigenvalue weighted by molar-refractivity contribution is -0.0521. The van der Waals surface area contributed by atoms with Gasteiger partial charge in [-0.05, 0) is 0 Å². The van der Waals surface area contributed by atoms with Crippen molar-refractivity contribution in [1.82, 2.24) is 59.4 Å². The normalized spacial score (nSPS) is 25.5. The van der Waals surface area contributed by atoms with Gasteiger partial charge < -0.3 is 102 Å². The van der Waals surface area contributed by atoms with Crippen LogP contribution in [0.15, 0.2) is 25.3 Å². The number of nitrogens with one attached hydrogen (secondary N) is 4. The second-order valence-corrected chi connectivity index (χ2v) is 24.0. The van der Waals surface area contributed by atoms with Crippen LogP contribution in [0.4, 0.5) is 21.2 Å². The molecule has 4 aromatic heterocycles. The van der Waals surface area contributed by atoms with Crippen LogP contribution in [-0.4, -0.2) is 177 Å². The van der Waals surface area contributed by atoms with Gasteiger partial charge >= 0.3 is 58.8 Å². The summed E-state index contributed by atoms with van der Waals surface area (Å²) in [6, 6.07) is 0. The Balaban J connectivity index is 0.000000274. The van der Waals surface area contributed by atoms with Crippen LogP contribution in [0.1, 0.15) is 12.5 Å². The Bertz CT molecular complexity index is 2930. The number of alkyl carbamates (subject to hydrolysis) is 2. The van der Waals surface area contributed by atoms with Crippen molar-refractivity contribution in [2.45, 2.75) is 49.1 Å². The molecule has 2 amide bonds. The fourth-order valence-corrected chi connectivity index (χ4v) is 13.1. The topological polar surface area (TPSA) is 652 Å². The molecule has 0 spiro atoms. The van der Waals surface area contributed by atoms with E-state index in [9.17, 15) is 66.8 Å². The van der Waals surface area contributed by atoms with Gasteiger partial charge in [-0.3, -0.25) is 18.2 Å². The largest absolute Gasteiger partial charge is 0.480 e. The van der Waals surface area contributed by atoms with Crippen molar-refractivity contribution in [3.63, 3.8) is 0 Å². The predicted octanol–water partition coefficient (Wildman–Crippen LogP) is -4.73. The minimum Gasteiger partial charge on any atom is -0.440 e. The minimum atomic E-state index is -5.53. The van der Waals surface area contributed by atoms with Crippen molar-refractivity contribution in [2.24, 2.45) is 11.5 Å². The summed E-state index contributed by atoms with van der Waals surface area (Å²) in [5, 5.41) is 26.2. The standard InChI is InChI=1S/2C13H23N8O13P3/c14-1-2-16-13(23)33-9-6(3-31-37(29,30)34-36(27,28)20-35(24,25)26)32-12(8(9)22)21-5-19-7-10(15)17-4-18-11(7)21;14-1-2-16-13(23)33-9-8(22)6(3-31-37(29,30)34-36(27,28)20-35(24,25)26)32-12(9)21-5-19-7-10(15)17-4-18-11(7)21/h2*4-6,8-9,12,22H,1-3,14H2,(H,16,23)(H,29,30)(H2,15,17,18)(H4,20,24,25,26,27,28)/t2*6-,8-,9-,12-/m11/s1. The highest BCUT2D eigenvalue weighted by atomic mass is 31.3. The van der Waals surface area contributed by atoms with E-state index in [-0.39, 0.29) is 60.1 Å². The molecule has 0 radical (unpaired) electrons. The minimum absolute atomic E-state index is 0.00743. The first-order valence-electron chi connectivity index (χ1n) is 19.8. The van der Waals surface area contributed by atoms with Gasteiger partial charge in [-0.25, -0.2) is 66.9 Å². The lowest BCUT2D eigenvalue weighted by Gasteiger charge is -2.22. The first-order chi connectivity index (χ1) is 34.2. The molecule has 0 aliphatic carbocycles. The Morgan fingerprint density at radius 2 is 1.00 bits per heavy atom. The van der Waals surface area contributed by atoms with Crippen molar-refractivity contribution in [1.29, 1.82) is 0 Å². The van der Waals surface area contributed by atoms with E-state index >= 15 is 0 Å². The monoisotopic (exact) mass is 1180 g/mol. The van der Waals surface area contributed by atoms with E-state index in [1.54, 1.807) is 0 Å². The SMILES string of the molecule is NCCNC(=O)O[C@@H]1[C@H](O)[C@@H](COP(=O)(O)OP(=O)(O)NP(=O)(O)O)O[C@H]1n1cnc2c(N)ncnc21.NCCNC(=O)O[C@H]1[C@@H](O)[C@H](n2cnc3c(N)ncnc32)O[C@@H]1COP(=O)(O)OP(=O)(O)NP(=O)(O)O. The number of fused-ring (bicyclic) bond motifs is 2. The van der Waals surface area contributed by atoms with Crippen LogP contribution >= 0.6 is 46.6 Å². The molecule has 0 bridgehead atoms. The van der Waals surface area contributed by atoms with Gasteiger partial charge in [0.2, 0.25) is 0 Å². The van der Waals surface area contributed by atoms with Crippen molar-refractivity contribution in [2.75, 3.05) is 50.9 Å². The number of phosphoric acid groups is 2. The van der Waals surface area contributed by atoms with Gasteiger partial charge in [-0.1, -0.05) is 0 Å². The second kappa shape index (κ2) is 24.4. The van der Waals surface area contributed by atoms with Gasteiger partial charge in [-0.15, -0.1) is 9.72 Å². The molecule has 6 heterocycles. The molecule has 2 aliphatic heterocycles. The number of aromatic nitrogens is 8. The number of imidazole rings is 2. The van der Waals surface area contributed by atoms with Crippen molar-refractivity contribution < 1.29 is 123 Å². The van der Waals surface area contributed by atoms with E-state index in [2.05, 4.69) is 58.2 Å². The average molecular weight is 1180 g/mol. The summed E-state index contributed by atoms with van der Waals surface area (Å²) >= 11 is 0. The summed E-state index contributed by atoms with van der Waals surface area (Å²) in [5.41, 5.74) is 22.7. The number of nitrogen functional groups attached to an aromatic ring is 2. The zero-order valence-electron chi connectivity index (χ0n) is 36.7. The maximum Gasteiger partial charge on any atom is 0.480 e. The highest BCUT2D eigenvalue weighted by Crippen LogP contribution is 2.62. The lowest BCUT2D eigenvalue weighted by Crippen LogP contribution is -2.42. The number of phosphoric ester groups is 2. The fraction of sp³-hybridized carbons (Fsp3) is 0.538. The molecular weight excluding hydrogens is 1140 g/mol. The first kappa shape index (κ1) is 60.7. The van der Waals surface area contributed by atoms with E-state index in [1.165, 1.54) is 21.8 Å². The number of ether oxygens (including phenoxy) is 4. The number of nitrogens with zero attached hydrogens (tertiary/aromatic N) is 8. The molecule has 22 N–H and O–H groups in total. The number of anilines is 2. The molecule has 0 saturated carbocycles. The van der Waals surface area contributed by atoms with Crippen molar-refractivity contribution in [3.05, 3.63) is 25.3 Å². The summed E-state index contributed by atoms with van der Waals surface area (Å²) in [4.78, 5) is 123. The summed E-state index contributed by atoms with van der Waals surface area (Å²) in [6.45, 7) is -1.80. The van der Waals surface area contributed by atoms with Gasteiger partial charge in [0, 0.05) is 26.2 Å². The van der Waals surface area contributed by atoms with Crippen LogP contribution in [0.25, 0.3) is 22.3 Å². The number of aliphatic hydroxyl groups excluding tert-OH is 2. The second-order valence-electron chi connectivity index (χ2n) is 14.5. The maximum atomic E-state index is 12.1. The van der Waals surface area contributed by atoms with E-state index in [0.29, 0.717) is 0 Å². The number of amides is 2. The van der Waals surface area contributed by atoms with Gasteiger partial charge in [0.1, 0.15) is 48.1 Å². The number of rotatable bonds is 22. The van der Waals surface area contributed by atoms with Gasteiger partial charge in [0.15, 0.2) is 47.6 Å². The van der Waals surface area contributed by atoms with Crippen molar-refractivity contribution >= 4 is 92.8 Å². The third-order valence-corrected chi connectivity index (χ3v) is 17.5. The summed E-state index contributed by atoms with van der Waals surface area (Å²) < 4.78 is 110. The van der Waals surface area contributed by atoms with Crippen LogP contribution < -0.4 is 43.3 Å². The zero-order valence-corrected chi connectivity index (χ0v) is 42.1. The molecule has 6 rings (SSSR count). The Morgan fingerprint density at radius 1 is 0.595 bits per heavy atom. The molecule has 4 aromatic rings. The van der Waals surface area contributed by atoms with E-state index < -0.39 is 121 Å². The number of nitrogens with two attached hydrogens (primary N) is 4. The Morgan fingerprint density at radius 3 is 1.43 bits per heavy atom. The molecule has 0 aromatic carbocycles. The van der Waals surface area contributed by atoms with Crippen LogP contribution in [-0.2, 0) is 64.0 Å². The molecule has 42 nitrogen and oxygen atoms in total. The highest BCUT2D eigenvalue weighted by Gasteiger charge is 2.51. The molecule has 2 fully saturated rings. The van der Waals surface area contributed by atoms with Crippen LogP contribution in [0, 0.1) is 0 Å². The van der Waals surface area contributed by atoms with Crippen LogP contribution in [0.2, 0.25) is 0 Å². The van der Waals surface area contributed by atoms with Crippen LogP contribution in [0.3, 0.4) is 0 Å². The van der Waals surface area contributed by atoms with Crippen molar-refractivity contribution in [3.8, 4) is 0 Å². The number of carbonyl (C=O) groups is 2. The third kappa shape index (κ3) is 16.9. The molecule has 2 aliphatic rings. The molecule has 48 heteroatoms. The molecule has 416 valence electrons. The maximum absolute atomic E-state index is 12.1. The summed E-state index contributed by atoms with van der Waals surface area (Å²) in [5.74, 6) is 0.0249. The number of carbonyl (C=O) groups excluding carboxylic acids is 2. The van der Waals surface area contributed by atoms with Gasteiger partial charge in [0.25, 0.3) is 0 Å². The fourth-order valence-electron chi connectivity index (χ4n) is 6.26. The lowest BCUT2D eigenvalue weighted by atomic mass is 10.1. The number of hydrogen-bond donors (Lipinski definition) is 18. The molecular formula is C26H46N16O26P6. The smallest absolute Gasteiger partial charge is 0.440 e. The number of aliphatic hydroxyl groups is 2. The Kier molecular flexibility index (Phi) is 20.0. The summed E-state index contributed by atoms with van der Waals surface area (Å²) in [6.07, 6.45) is -9.57. The number of hydrogen-bond acceptors (Lipinski definition) is 28. The molecule has 4 unspecified atom stereocenters. The summed E-state index contributed by atoms with van der Waals surface area (Å²) in [7, 11) is -32.7. The van der Waals surface area contributed by atoms with E-state index in [1.807, 2.05) is 0 Å². The molecule has 2 saturated heterocycles. The molecule has 12 atom stereocenters. The first-order valence-corrected chi connectivity index (χ1v) is 29.2. The average Bonchev–Trinajstić information content (AvgIpc) is 4.03. The third-order valence-electron chi connectivity index (χ3n) is 9.00. The molecule has 74 heavy (non-hydrogen) atoms.